The molecular formula is H2BF4Mg-. The van der Waals surface area contributed by atoms with Gasteiger partial charge in [0.15, 0.2) is 0 Å². The third-order valence-electron chi connectivity index (χ3n) is 0. The Morgan fingerprint density at radius 2 is 1.00 bits per heavy atom. The normalized spacial score (nSPS) is 10.0. The van der Waals surface area contributed by atoms with E-state index in [0.29, 0.717) is 0 Å². The van der Waals surface area contributed by atoms with Gasteiger partial charge >= 0.3 is 30.3 Å². The first-order valence-electron chi connectivity index (χ1n) is 0.873. The third-order valence-corrected chi connectivity index (χ3v) is 0. The van der Waals surface area contributed by atoms with Crippen molar-refractivity contribution in [3.63, 3.8) is 0 Å². The van der Waals surface area contributed by atoms with E-state index in [-0.39, 0.29) is 25.9 Å². The number of hydrogen-bond acceptors (Lipinski definition) is 0. The molecule has 0 aliphatic rings. The van der Waals surface area contributed by atoms with E-state index in [0.717, 1.165) is 0 Å². The van der Waals surface area contributed by atoms with Crippen molar-refractivity contribution < 1.29 is 20.1 Å². The van der Waals surface area contributed by atoms with Crippen LogP contribution < -0.4 is 0 Å². The predicted octanol–water partition coefficient (Wildman–Crippen LogP) is 1.14. The van der Waals surface area contributed by atoms with Gasteiger partial charge < -0.3 is 20.1 Å². The van der Waals surface area contributed by atoms with Crippen molar-refractivity contribution in [2.75, 3.05) is 0 Å². The van der Waals surface area contributed by atoms with E-state index in [1.165, 1.54) is 0 Å². The standard InChI is InChI=1S/BF4.Mg.2H/c2-1(3,4)5;;;/q-1;+2;2*-1. The molecule has 0 aliphatic heterocycles. The van der Waals surface area contributed by atoms with Crippen LogP contribution in [0.15, 0.2) is 0 Å². The summed E-state index contributed by atoms with van der Waals surface area (Å²) in [6, 6.07) is 0. The zero-order chi connectivity index (χ0) is 4.50. The Kier molecular flexibility index (Phi) is 4.35. The van der Waals surface area contributed by atoms with E-state index < -0.39 is 7.25 Å². The molecule has 0 unspecified atom stereocenters. The molecule has 0 radical (unpaired) electrons. The van der Waals surface area contributed by atoms with E-state index in [4.69, 9.17) is 0 Å². The maximum Gasteiger partial charge on any atom is 2.00 e. The summed E-state index contributed by atoms with van der Waals surface area (Å²) in [6.07, 6.45) is 0. The van der Waals surface area contributed by atoms with Gasteiger partial charge in [0.05, 0.1) is 0 Å². The van der Waals surface area contributed by atoms with Crippen LogP contribution in [0.1, 0.15) is 2.85 Å². The minimum Gasteiger partial charge on any atom is -1.00 e. The maximum atomic E-state index is 9.75. The van der Waals surface area contributed by atoms with Crippen LogP contribution >= 0.6 is 0 Å². The van der Waals surface area contributed by atoms with E-state index >= 15 is 0 Å². The predicted molar refractivity (Wildman–Crippen MR) is 18.2 cm³/mol. The number of halogens is 4. The van der Waals surface area contributed by atoms with Crippen LogP contribution in [0.3, 0.4) is 0 Å². The molecule has 0 aromatic heterocycles. The molecular weight excluding hydrogens is 111 g/mol. The van der Waals surface area contributed by atoms with Crippen LogP contribution in [-0.4, -0.2) is 30.3 Å². The van der Waals surface area contributed by atoms with E-state index in [1.54, 1.807) is 0 Å². The molecule has 0 aliphatic carbocycles. The number of hydrogen-bond donors (Lipinski definition) is 0. The summed E-state index contributed by atoms with van der Waals surface area (Å²) in [4.78, 5) is 0. The first-order chi connectivity index (χ1) is 2.00. The fourth-order valence-corrected chi connectivity index (χ4v) is 0. The van der Waals surface area contributed by atoms with Crippen LogP contribution in [0.4, 0.5) is 17.3 Å². The van der Waals surface area contributed by atoms with Crippen molar-refractivity contribution in [1.29, 1.82) is 0 Å². The Morgan fingerprint density at radius 3 is 1.00 bits per heavy atom. The monoisotopic (exact) mass is 113 g/mol. The molecule has 0 fully saturated rings. The van der Waals surface area contributed by atoms with Gasteiger partial charge in [-0.1, -0.05) is 0 Å². The molecule has 6 heteroatoms. The summed E-state index contributed by atoms with van der Waals surface area (Å²) in [7, 11) is -6.00. The fourth-order valence-electron chi connectivity index (χ4n) is 0. The van der Waals surface area contributed by atoms with E-state index in [2.05, 4.69) is 0 Å². The Labute approximate surface area is 51.1 Å². The van der Waals surface area contributed by atoms with Crippen LogP contribution in [0.5, 0.6) is 0 Å². The maximum absolute atomic E-state index is 9.75. The smallest absolute Gasteiger partial charge is 1.00 e. The molecule has 0 N–H and O–H groups in total. The Hall–Kier alpha value is 0.551. The van der Waals surface area contributed by atoms with Crippen molar-refractivity contribution in [2.24, 2.45) is 0 Å². The van der Waals surface area contributed by atoms with Gasteiger partial charge in [0, 0.05) is 0 Å². The fraction of sp³-hybridized carbons (Fsp3) is 0. The molecule has 0 bridgehead atoms. The Bertz CT molecular complexity index is 29.5. The summed E-state index contributed by atoms with van der Waals surface area (Å²) >= 11 is 0. The minimum absolute atomic E-state index is 0. The molecule has 0 saturated carbocycles. The molecule has 0 rings (SSSR count). The van der Waals surface area contributed by atoms with Crippen LogP contribution in [0.2, 0.25) is 0 Å². The second-order valence-corrected chi connectivity index (χ2v) is 0.495. The molecule has 36 valence electrons. The second kappa shape index (κ2) is 2.68. The van der Waals surface area contributed by atoms with Crippen LogP contribution in [0, 0.1) is 0 Å². The van der Waals surface area contributed by atoms with Gasteiger partial charge in [0.1, 0.15) is 0 Å². The summed E-state index contributed by atoms with van der Waals surface area (Å²) in [5.41, 5.74) is 0. The third kappa shape index (κ3) is 189. The van der Waals surface area contributed by atoms with Gasteiger partial charge in [0.2, 0.25) is 0 Å². The zero-order valence-electron chi connectivity index (χ0n) is 4.80. The largest absolute Gasteiger partial charge is 2.00 e. The van der Waals surface area contributed by atoms with Gasteiger partial charge in [-0.3, -0.25) is 0 Å². The zero-order valence-corrected chi connectivity index (χ0v) is 4.21. The number of rotatable bonds is 0. The first kappa shape index (κ1) is 9.75. The van der Waals surface area contributed by atoms with Gasteiger partial charge in [-0.05, 0) is 0 Å². The summed E-state index contributed by atoms with van der Waals surface area (Å²) in [5.74, 6) is 0. The van der Waals surface area contributed by atoms with Gasteiger partial charge in [-0.25, -0.2) is 0 Å². The van der Waals surface area contributed by atoms with Crippen molar-refractivity contribution in [3.05, 3.63) is 0 Å². The first-order valence-corrected chi connectivity index (χ1v) is 0.873. The summed E-state index contributed by atoms with van der Waals surface area (Å²) in [5, 5.41) is 0. The van der Waals surface area contributed by atoms with Crippen molar-refractivity contribution in [2.45, 2.75) is 0 Å². The van der Waals surface area contributed by atoms with Crippen LogP contribution in [-0.2, 0) is 0 Å². The van der Waals surface area contributed by atoms with Crippen molar-refractivity contribution >= 4 is 30.3 Å². The van der Waals surface area contributed by atoms with Crippen molar-refractivity contribution in [3.8, 4) is 0 Å². The summed E-state index contributed by atoms with van der Waals surface area (Å²) in [6.45, 7) is 0. The molecule has 0 saturated heterocycles. The molecule has 0 nitrogen and oxygen atoms in total. The summed E-state index contributed by atoms with van der Waals surface area (Å²) < 4.78 is 39.0. The topological polar surface area (TPSA) is 0 Å². The Balaban J connectivity index is -0.0000000267. The average molecular weight is 113 g/mol. The SMILES string of the molecule is F[B-](F)(F)F.[H-].[H-].[Mg+2]. The van der Waals surface area contributed by atoms with Crippen molar-refractivity contribution in [1.82, 2.24) is 0 Å². The quantitative estimate of drug-likeness (QED) is 0.326. The van der Waals surface area contributed by atoms with Gasteiger partial charge in [-0.15, -0.1) is 0 Å². The molecule has 0 aromatic rings. The molecule has 0 atom stereocenters. The van der Waals surface area contributed by atoms with Crippen LogP contribution in [0.25, 0.3) is 0 Å². The Morgan fingerprint density at radius 1 is 1.00 bits per heavy atom. The van der Waals surface area contributed by atoms with E-state index in [9.17, 15) is 17.3 Å². The van der Waals surface area contributed by atoms with Gasteiger partial charge in [-0.2, -0.15) is 0 Å². The minimum atomic E-state index is -6.00. The second-order valence-electron chi connectivity index (χ2n) is 0.495. The molecule has 0 heterocycles. The van der Waals surface area contributed by atoms with E-state index in [1.807, 2.05) is 0 Å². The molecule has 6 heavy (non-hydrogen) atoms. The average Bonchev–Trinajstić information content (AvgIpc) is 0.722. The molecule has 0 spiro atoms. The molecule has 0 amide bonds. The molecule has 0 aromatic carbocycles. The van der Waals surface area contributed by atoms with Gasteiger partial charge in [0.25, 0.3) is 0 Å².